The smallest absolute Gasteiger partial charge is 0.313 e. The van der Waals surface area contributed by atoms with Gasteiger partial charge in [-0.15, -0.1) is 11.8 Å². The van der Waals surface area contributed by atoms with Crippen molar-refractivity contribution in [3.63, 3.8) is 0 Å². The van der Waals surface area contributed by atoms with Crippen molar-refractivity contribution in [2.45, 2.75) is 5.25 Å². The Morgan fingerprint density at radius 2 is 1.95 bits per heavy atom. The van der Waals surface area contributed by atoms with Crippen LogP contribution in [0.3, 0.4) is 0 Å². The highest BCUT2D eigenvalue weighted by Gasteiger charge is 2.28. The summed E-state index contributed by atoms with van der Waals surface area (Å²) in [6.07, 6.45) is 0. The van der Waals surface area contributed by atoms with E-state index < -0.39 is 5.97 Å². The second kappa shape index (κ2) is 5.17. The van der Waals surface area contributed by atoms with E-state index in [1.807, 2.05) is 24.3 Å². The maximum atomic E-state index is 13.5. The van der Waals surface area contributed by atoms with Crippen LogP contribution in [0.15, 0.2) is 42.5 Å². The first kappa shape index (κ1) is 13.0. The highest BCUT2D eigenvalue weighted by Crippen LogP contribution is 2.49. The number of halogens is 1. The van der Waals surface area contributed by atoms with Crippen molar-refractivity contribution in [2.24, 2.45) is 0 Å². The number of hydrogen-bond donors (Lipinski definition) is 1. The normalized spacial score (nSPS) is 15.9. The van der Waals surface area contributed by atoms with Crippen LogP contribution in [0.2, 0.25) is 0 Å². The summed E-state index contributed by atoms with van der Waals surface area (Å²) < 4.78 is 19.2. The van der Waals surface area contributed by atoms with Gasteiger partial charge in [0, 0.05) is 11.1 Å². The van der Waals surface area contributed by atoms with Gasteiger partial charge in [-0.1, -0.05) is 18.2 Å². The van der Waals surface area contributed by atoms with Gasteiger partial charge in [-0.2, -0.15) is 0 Å². The Morgan fingerprint density at radius 3 is 2.75 bits per heavy atom. The van der Waals surface area contributed by atoms with Crippen molar-refractivity contribution in [3.8, 4) is 11.5 Å². The molecule has 1 aliphatic rings. The molecular weight excluding hydrogens is 279 g/mol. The Bertz CT molecular complexity index is 672. The first-order chi connectivity index (χ1) is 9.65. The Kier molecular flexibility index (Phi) is 3.36. The molecule has 0 amide bonds. The quantitative estimate of drug-likeness (QED) is 0.933. The monoisotopic (exact) mass is 290 g/mol. The van der Waals surface area contributed by atoms with Crippen LogP contribution in [-0.4, -0.2) is 16.8 Å². The zero-order chi connectivity index (χ0) is 14.1. The number of thioether (sulfide) groups is 1. The van der Waals surface area contributed by atoms with Gasteiger partial charge in [-0.05, 0) is 24.3 Å². The van der Waals surface area contributed by atoms with Gasteiger partial charge in [-0.3, -0.25) is 4.79 Å². The van der Waals surface area contributed by atoms with Crippen LogP contribution in [0.5, 0.6) is 11.5 Å². The van der Waals surface area contributed by atoms with E-state index in [1.54, 1.807) is 6.07 Å². The number of hydrogen-bond acceptors (Lipinski definition) is 3. The highest BCUT2D eigenvalue weighted by molar-refractivity contribution is 8.00. The summed E-state index contributed by atoms with van der Waals surface area (Å²) in [5, 5.41) is 8.63. The molecule has 3 rings (SSSR count). The molecule has 0 saturated carbocycles. The van der Waals surface area contributed by atoms with Crippen molar-refractivity contribution in [1.29, 1.82) is 0 Å². The van der Waals surface area contributed by atoms with E-state index in [-0.39, 0.29) is 16.8 Å². The molecule has 3 nitrogen and oxygen atoms in total. The van der Waals surface area contributed by atoms with Crippen LogP contribution in [-0.2, 0) is 4.79 Å². The Balaban J connectivity index is 2.06. The van der Waals surface area contributed by atoms with Crippen LogP contribution < -0.4 is 4.74 Å². The molecule has 0 radical (unpaired) electrons. The standard InChI is InChI=1S/C15H11FO3S/c16-9-5-6-13-11(7-9)15(20-8-14(17)18)10-3-1-2-4-12(10)19-13/h1-7,15H,8H2,(H,17,18). The molecule has 1 heterocycles. The molecular formula is C15H11FO3S. The number of benzene rings is 2. The molecule has 0 bridgehead atoms. The van der Waals surface area contributed by atoms with Gasteiger partial charge in [0.2, 0.25) is 0 Å². The third-order valence-corrected chi connectivity index (χ3v) is 4.30. The van der Waals surface area contributed by atoms with Gasteiger partial charge in [0.15, 0.2) is 0 Å². The van der Waals surface area contributed by atoms with E-state index in [1.165, 1.54) is 23.9 Å². The molecule has 2 aromatic carbocycles. The molecule has 0 aliphatic carbocycles. The van der Waals surface area contributed by atoms with Gasteiger partial charge < -0.3 is 9.84 Å². The molecule has 0 spiro atoms. The minimum atomic E-state index is -0.892. The van der Waals surface area contributed by atoms with Crippen molar-refractivity contribution in [2.75, 3.05) is 5.75 Å². The molecule has 0 fully saturated rings. The summed E-state index contributed by atoms with van der Waals surface area (Å²) in [4.78, 5) is 10.8. The van der Waals surface area contributed by atoms with E-state index >= 15 is 0 Å². The lowest BCUT2D eigenvalue weighted by molar-refractivity contribution is -0.133. The maximum Gasteiger partial charge on any atom is 0.313 e. The van der Waals surface area contributed by atoms with Gasteiger partial charge in [0.1, 0.15) is 17.3 Å². The SMILES string of the molecule is O=C(O)CSC1c2ccccc2Oc2ccc(F)cc21. The van der Waals surface area contributed by atoms with Gasteiger partial charge in [0.05, 0.1) is 11.0 Å². The van der Waals surface area contributed by atoms with E-state index in [2.05, 4.69) is 0 Å². The van der Waals surface area contributed by atoms with Crippen molar-refractivity contribution in [3.05, 3.63) is 59.4 Å². The average molecular weight is 290 g/mol. The molecule has 2 aromatic rings. The number of aliphatic carboxylic acids is 1. The largest absolute Gasteiger partial charge is 0.481 e. The van der Waals surface area contributed by atoms with Crippen LogP contribution in [0, 0.1) is 5.82 Å². The highest BCUT2D eigenvalue weighted by atomic mass is 32.2. The number of fused-ring (bicyclic) bond motifs is 2. The van der Waals surface area contributed by atoms with Crippen LogP contribution in [0.25, 0.3) is 0 Å². The number of ether oxygens (including phenoxy) is 1. The first-order valence-corrected chi connectivity index (χ1v) is 7.09. The molecule has 0 aromatic heterocycles. The topological polar surface area (TPSA) is 46.5 Å². The molecule has 1 N–H and O–H groups in total. The van der Waals surface area contributed by atoms with E-state index in [4.69, 9.17) is 9.84 Å². The number of rotatable bonds is 3. The van der Waals surface area contributed by atoms with Crippen molar-refractivity contribution < 1.29 is 19.0 Å². The van der Waals surface area contributed by atoms with Crippen molar-refractivity contribution >= 4 is 17.7 Å². The molecule has 0 saturated heterocycles. The first-order valence-electron chi connectivity index (χ1n) is 6.05. The average Bonchev–Trinajstić information content (AvgIpc) is 2.43. The zero-order valence-electron chi connectivity index (χ0n) is 10.4. The minimum Gasteiger partial charge on any atom is -0.481 e. The Labute approximate surface area is 119 Å². The summed E-state index contributed by atoms with van der Waals surface area (Å²) in [7, 11) is 0. The summed E-state index contributed by atoms with van der Waals surface area (Å²) in [6, 6.07) is 11.7. The number of carbonyl (C=O) groups is 1. The number of carboxylic acids is 1. The third-order valence-electron chi connectivity index (χ3n) is 3.05. The summed E-state index contributed by atoms with van der Waals surface area (Å²) in [5.41, 5.74) is 1.55. The zero-order valence-corrected chi connectivity index (χ0v) is 11.2. The molecule has 102 valence electrons. The predicted molar refractivity (Wildman–Crippen MR) is 74.9 cm³/mol. The van der Waals surface area contributed by atoms with Crippen LogP contribution in [0.4, 0.5) is 4.39 Å². The number of para-hydroxylation sites is 1. The summed E-state index contributed by atoms with van der Waals surface area (Å²) in [5.74, 6) is -0.0262. The Morgan fingerprint density at radius 1 is 1.20 bits per heavy atom. The van der Waals surface area contributed by atoms with E-state index in [0.29, 0.717) is 17.1 Å². The molecule has 1 aliphatic heterocycles. The van der Waals surface area contributed by atoms with E-state index in [9.17, 15) is 9.18 Å². The molecule has 1 unspecified atom stereocenters. The van der Waals surface area contributed by atoms with Gasteiger partial charge >= 0.3 is 5.97 Å². The number of carboxylic acid groups (broad SMARTS) is 1. The minimum absolute atomic E-state index is 0.0467. The van der Waals surface area contributed by atoms with Crippen LogP contribution >= 0.6 is 11.8 Å². The lowest BCUT2D eigenvalue weighted by Crippen LogP contribution is -2.10. The molecule has 5 heteroatoms. The lowest BCUT2D eigenvalue weighted by atomic mass is 10.00. The predicted octanol–water partition coefficient (Wildman–Crippen LogP) is 3.84. The molecule has 20 heavy (non-hydrogen) atoms. The lowest BCUT2D eigenvalue weighted by Gasteiger charge is -2.27. The third kappa shape index (κ3) is 2.36. The van der Waals surface area contributed by atoms with E-state index in [0.717, 1.165) is 5.56 Å². The van der Waals surface area contributed by atoms with Gasteiger partial charge in [-0.25, -0.2) is 4.39 Å². The molecule has 1 atom stereocenters. The Hall–Kier alpha value is -2.01. The fraction of sp³-hybridized carbons (Fsp3) is 0.133. The van der Waals surface area contributed by atoms with Crippen molar-refractivity contribution in [1.82, 2.24) is 0 Å². The second-order valence-corrected chi connectivity index (χ2v) is 5.50. The van der Waals surface area contributed by atoms with Crippen LogP contribution in [0.1, 0.15) is 16.4 Å². The fourth-order valence-corrected chi connectivity index (χ4v) is 3.27. The summed E-state index contributed by atoms with van der Waals surface area (Å²) in [6.45, 7) is 0. The second-order valence-electron chi connectivity index (χ2n) is 4.41. The maximum absolute atomic E-state index is 13.5. The van der Waals surface area contributed by atoms with Gasteiger partial charge in [0.25, 0.3) is 0 Å². The summed E-state index contributed by atoms with van der Waals surface area (Å²) >= 11 is 1.25. The fourth-order valence-electron chi connectivity index (χ4n) is 2.23.